The molecule has 1 aliphatic heterocycles. The van der Waals surface area contributed by atoms with Gasteiger partial charge in [0.2, 0.25) is 0 Å². The molecule has 0 unspecified atom stereocenters. The summed E-state index contributed by atoms with van der Waals surface area (Å²) >= 11 is 17.4. The van der Waals surface area contributed by atoms with Gasteiger partial charge in [-0.05, 0) is 17.7 Å². The van der Waals surface area contributed by atoms with Crippen LogP contribution in [-0.4, -0.2) is 19.3 Å². The first-order valence-corrected chi connectivity index (χ1v) is 6.45. The molecule has 0 radical (unpaired) electrons. The fourth-order valence-corrected chi connectivity index (χ4v) is 2.91. The highest BCUT2D eigenvalue weighted by molar-refractivity contribution is 6.48. The number of hydrogen-bond acceptors (Lipinski definition) is 0. The SMILES string of the molecule is FC(F)(F)[C@]1(c2cc(Cl)c(Cl)c(Cl)c2)CC[NH2+]C1. The number of hydrogen-bond donors (Lipinski definition) is 1. The normalized spacial score (nSPS) is 24.6. The van der Waals surface area contributed by atoms with E-state index in [1.165, 1.54) is 12.1 Å². The Morgan fingerprint density at radius 2 is 1.67 bits per heavy atom. The average Bonchev–Trinajstić information content (AvgIpc) is 2.74. The van der Waals surface area contributed by atoms with Gasteiger partial charge in [0.05, 0.1) is 28.2 Å². The lowest BCUT2D eigenvalue weighted by atomic mass is 9.79. The maximum Gasteiger partial charge on any atom is 0.404 e. The number of alkyl halides is 3. The highest BCUT2D eigenvalue weighted by atomic mass is 35.5. The van der Waals surface area contributed by atoms with Crippen LogP contribution in [0, 0.1) is 0 Å². The zero-order valence-corrected chi connectivity index (χ0v) is 11.4. The summed E-state index contributed by atoms with van der Waals surface area (Å²) in [5, 5.41) is 1.83. The van der Waals surface area contributed by atoms with E-state index in [0.29, 0.717) is 6.54 Å². The maximum atomic E-state index is 13.3. The highest BCUT2D eigenvalue weighted by Crippen LogP contribution is 2.46. The molecule has 0 saturated carbocycles. The molecule has 1 heterocycles. The molecule has 1 saturated heterocycles. The van der Waals surface area contributed by atoms with E-state index in [9.17, 15) is 13.2 Å². The quantitative estimate of drug-likeness (QED) is 0.764. The van der Waals surface area contributed by atoms with Crippen LogP contribution in [0.15, 0.2) is 12.1 Å². The molecule has 0 bridgehead atoms. The van der Waals surface area contributed by atoms with Gasteiger partial charge in [0, 0.05) is 6.42 Å². The van der Waals surface area contributed by atoms with Gasteiger partial charge in [0.1, 0.15) is 5.41 Å². The first kappa shape index (κ1) is 14.3. The molecule has 2 N–H and O–H groups in total. The molecule has 0 amide bonds. The van der Waals surface area contributed by atoms with Crippen LogP contribution in [0.2, 0.25) is 15.1 Å². The zero-order valence-electron chi connectivity index (χ0n) is 9.12. The molecular weight excluding hydrogens is 309 g/mol. The summed E-state index contributed by atoms with van der Waals surface area (Å²) in [4.78, 5) is 0. The van der Waals surface area contributed by atoms with Gasteiger partial charge in [0.15, 0.2) is 0 Å². The van der Waals surface area contributed by atoms with Crippen LogP contribution in [0.3, 0.4) is 0 Å². The van der Waals surface area contributed by atoms with Gasteiger partial charge in [-0.25, -0.2) is 0 Å². The van der Waals surface area contributed by atoms with Crippen LogP contribution in [0.1, 0.15) is 12.0 Å². The summed E-state index contributed by atoms with van der Waals surface area (Å²) in [6.45, 7) is 0.377. The minimum atomic E-state index is -4.33. The van der Waals surface area contributed by atoms with Crippen LogP contribution in [0.4, 0.5) is 13.2 Å². The van der Waals surface area contributed by atoms with Gasteiger partial charge in [-0.15, -0.1) is 0 Å². The molecule has 2 rings (SSSR count). The second kappa shape index (κ2) is 4.75. The Labute approximate surface area is 117 Å². The summed E-state index contributed by atoms with van der Waals surface area (Å²) in [5.41, 5.74) is -1.80. The fraction of sp³-hybridized carbons (Fsp3) is 0.455. The van der Waals surface area contributed by atoms with E-state index < -0.39 is 11.6 Å². The largest absolute Gasteiger partial charge is 0.404 e. The van der Waals surface area contributed by atoms with Gasteiger partial charge in [0.25, 0.3) is 0 Å². The molecule has 1 aliphatic rings. The lowest BCUT2D eigenvalue weighted by molar-refractivity contribution is -0.641. The molecule has 1 fully saturated rings. The van der Waals surface area contributed by atoms with Crippen LogP contribution in [0.25, 0.3) is 0 Å². The number of rotatable bonds is 1. The minimum absolute atomic E-state index is 0.0186. The zero-order chi connectivity index (χ0) is 13.6. The summed E-state index contributed by atoms with van der Waals surface area (Å²) in [5.74, 6) is 0. The van der Waals surface area contributed by atoms with E-state index in [4.69, 9.17) is 34.8 Å². The van der Waals surface area contributed by atoms with Crippen LogP contribution >= 0.6 is 34.8 Å². The molecule has 100 valence electrons. The third kappa shape index (κ3) is 2.20. The number of nitrogens with two attached hydrogens (primary N) is 1. The molecule has 1 aromatic rings. The van der Waals surface area contributed by atoms with Gasteiger partial charge >= 0.3 is 6.18 Å². The standard InChI is InChI=1S/C11H9Cl3F3N/c12-7-3-6(4-8(13)9(7)14)10(11(15,16)17)1-2-18-5-10/h3-4,18H,1-2,5H2/p+1/t10-/m1/s1. The van der Waals surface area contributed by atoms with Gasteiger partial charge in [-0.3, -0.25) is 0 Å². The summed E-state index contributed by atoms with van der Waals surface area (Å²) in [6, 6.07) is 2.53. The molecule has 1 atom stereocenters. The third-order valence-corrected chi connectivity index (χ3v) is 4.54. The van der Waals surface area contributed by atoms with E-state index in [-0.39, 0.29) is 33.6 Å². The van der Waals surface area contributed by atoms with Gasteiger partial charge < -0.3 is 5.32 Å². The van der Waals surface area contributed by atoms with E-state index >= 15 is 0 Å². The van der Waals surface area contributed by atoms with Crippen molar-refractivity contribution in [3.05, 3.63) is 32.8 Å². The molecule has 0 aliphatic carbocycles. The maximum absolute atomic E-state index is 13.3. The lowest BCUT2D eigenvalue weighted by Gasteiger charge is -2.29. The van der Waals surface area contributed by atoms with Crippen molar-refractivity contribution in [3.63, 3.8) is 0 Å². The minimum Gasteiger partial charge on any atom is -0.345 e. The number of benzene rings is 1. The Bertz CT molecular complexity index is 444. The Balaban J connectivity index is 2.57. The van der Waals surface area contributed by atoms with Crippen molar-refractivity contribution in [2.24, 2.45) is 0 Å². The van der Waals surface area contributed by atoms with E-state index in [1.54, 1.807) is 5.32 Å². The summed E-state index contributed by atoms with van der Waals surface area (Å²) in [6.07, 6.45) is -4.31. The second-order valence-electron chi connectivity index (χ2n) is 4.37. The Morgan fingerprint density at radius 3 is 2.06 bits per heavy atom. The smallest absolute Gasteiger partial charge is 0.345 e. The van der Waals surface area contributed by atoms with E-state index in [0.717, 1.165) is 0 Å². The van der Waals surface area contributed by atoms with E-state index in [2.05, 4.69) is 0 Å². The van der Waals surface area contributed by atoms with Crippen molar-refractivity contribution in [2.45, 2.75) is 18.0 Å². The first-order chi connectivity index (χ1) is 8.28. The fourth-order valence-electron chi connectivity index (χ4n) is 2.31. The lowest BCUT2D eigenvalue weighted by Crippen LogP contribution is -2.83. The molecule has 1 aromatic carbocycles. The van der Waals surface area contributed by atoms with Crippen LogP contribution in [0.5, 0.6) is 0 Å². The molecular formula is C11H10Cl3F3N+. The van der Waals surface area contributed by atoms with Crippen molar-refractivity contribution in [1.29, 1.82) is 0 Å². The van der Waals surface area contributed by atoms with Crippen molar-refractivity contribution < 1.29 is 18.5 Å². The van der Waals surface area contributed by atoms with Crippen molar-refractivity contribution >= 4 is 34.8 Å². The van der Waals surface area contributed by atoms with Gasteiger partial charge in [-0.1, -0.05) is 34.8 Å². The molecule has 18 heavy (non-hydrogen) atoms. The molecule has 0 spiro atoms. The monoisotopic (exact) mass is 318 g/mol. The molecule has 0 aromatic heterocycles. The summed E-state index contributed by atoms with van der Waals surface area (Å²) in [7, 11) is 0. The van der Waals surface area contributed by atoms with E-state index in [1.807, 2.05) is 0 Å². The predicted octanol–water partition coefficient (Wildman–Crippen LogP) is 3.41. The predicted molar refractivity (Wildman–Crippen MR) is 65.5 cm³/mol. The Kier molecular flexibility index (Phi) is 3.76. The third-order valence-electron chi connectivity index (χ3n) is 3.35. The van der Waals surface area contributed by atoms with Crippen molar-refractivity contribution in [2.75, 3.05) is 13.1 Å². The topological polar surface area (TPSA) is 16.6 Å². The molecule has 1 nitrogen and oxygen atoms in total. The number of halogens is 6. The second-order valence-corrected chi connectivity index (χ2v) is 5.56. The Hall–Kier alpha value is -0.160. The highest BCUT2D eigenvalue weighted by Gasteiger charge is 2.59. The summed E-state index contributed by atoms with van der Waals surface area (Å²) < 4.78 is 40.0. The average molecular weight is 320 g/mol. The van der Waals surface area contributed by atoms with Crippen LogP contribution in [-0.2, 0) is 5.41 Å². The Morgan fingerprint density at radius 1 is 1.11 bits per heavy atom. The number of quaternary nitrogens is 1. The molecule has 7 heteroatoms. The van der Waals surface area contributed by atoms with Gasteiger partial charge in [-0.2, -0.15) is 13.2 Å². The van der Waals surface area contributed by atoms with Crippen molar-refractivity contribution in [1.82, 2.24) is 0 Å². The van der Waals surface area contributed by atoms with Crippen molar-refractivity contribution in [3.8, 4) is 0 Å². The van der Waals surface area contributed by atoms with Crippen LogP contribution < -0.4 is 5.32 Å². The first-order valence-electron chi connectivity index (χ1n) is 5.31.